The minimum absolute atomic E-state index is 0.104. The van der Waals surface area contributed by atoms with Crippen LogP contribution in [0.4, 0.5) is 0 Å². The molecule has 1 aromatic heterocycles. The molecular weight excluding hydrogens is 278 g/mol. The number of benzene rings is 1. The number of hydrogen-bond acceptors (Lipinski definition) is 3. The van der Waals surface area contributed by atoms with E-state index in [-0.39, 0.29) is 12.0 Å². The number of amides is 1. The number of aromatic nitrogens is 2. The second-order valence-electron chi connectivity index (χ2n) is 5.63. The second kappa shape index (κ2) is 7.22. The smallest absolute Gasteiger partial charge is 0.254 e. The Balaban J connectivity index is 1.67. The molecule has 5 nitrogen and oxygen atoms in total. The molecule has 1 aliphatic rings. The molecule has 1 saturated carbocycles. The van der Waals surface area contributed by atoms with E-state index in [2.05, 4.69) is 15.5 Å². The SMILES string of the molecule is O=C(NCc1ccn[nH]1)[C@@H](OC1CCCC1)c1ccccc1. The van der Waals surface area contributed by atoms with Crippen LogP contribution in [0.1, 0.15) is 43.0 Å². The molecule has 0 bridgehead atoms. The van der Waals surface area contributed by atoms with Crippen molar-refractivity contribution in [3.05, 3.63) is 53.9 Å². The number of aromatic amines is 1. The lowest BCUT2D eigenvalue weighted by Crippen LogP contribution is -2.32. The Morgan fingerprint density at radius 1 is 1.27 bits per heavy atom. The summed E-state index contributed by atoms with van der Waals surface area (Å²) in [6.07, 6.45) is 5.75. The molecule has 3 rings (SSSR count). The first-order chi connectivity index (χ1) is 10.8. The van der Waals surface area contributed by atoms with Crippen LogP contribution in [-0.4, -0.2) is 22.2 Å². The maximum atomic E-state index is 12.6. The maximum Gasteiger partial charge on any atom is 0.254 e. The van der Waals surface area contributed by atoms with Gasteiger partial charge in [-0.25, -0.2) is 0 Å². The summed E-state index contributed by atoms with van der Waals surface area (Å²) in [4.78, 5) is 12.6. The fourth-order valence-electron chi connectivity index (χ4n) is 2.79. The predicted molar refractivity (Wildman–Crippen MR) is 83.0 cm³/mol. The van der Waals surface area contributed by atoms with Gasteiger partial charge in [0.25, 0.3) is 5.91 Å². The second-order valence-corrected chi connectivity index (χ2v) is 5.63. The Kier molecular flexibility index (Phi) is 4.85. The van der Waals surface area contributed by atoms with Gasteiger partial charge in [0.05, 0.1) is 18.3 Å². The van der Waals surface area contributed by atoms with E-state index in [0.29, 0.717) is 6.54 Å². The lowest BCUT2D eigenvalue weighted by molar-refractivity contribution is -0.137. The van der Waals surface area contributed by atoms with Crippen LogP contribution in [0.5, 0.6) is 0 Å². The number of carbonyl (C=O) groups is 1. The molecule has 1 heterocycles. The van der Waals surface area contributed by atoms with Crippen molar-refractivity contribution in [1.29, 1.82) is 0 Å². The average molecular weight is 299 g/mol. The van der Waals surface area contributed by atoms with Gasteiger partial charge < -0.3 is 10.1 Å². The van der Waals surface area contributed by atoms with Crippen molar-refractivity contribution in [2.75, 3.05) is 0 Å². The number of ether oxygens (including phenoxy) is 1. The molecule has 2 N–H and O–H groups in total. The highest BCUT2D eigenvalue weighted by Gasteiger charge is 2.26. The van der Waals surface area contributed by atoms with Gasteiger partial charge in [0.1, 0.15) is 0 Å². The zero-order chi connectivity index (χ0) is 15.2. The summed E-state index contributed by atoms with van der Waals surface area (Å²) in [7, 11) is 0. The lowest BCUT2D eigenvalue weighted by atomic mass is 10.1. The minimum atomic E-state index is -0.549. The molecule has 1 atom stereocenters. The molecule has 0 unspecified atom stereocenters. The molecule has 22 heavy (non-hydrogen) atoms. The van der Waals surface area contributed by atoms with E-state index in [1.807, 2.05) is 36.4 Å². The first-order valence-electron chi connectivity index (χ1n) is 7.79. The van der Waals surface area contributed by atoms with Crippen molar-refractivity contribution in [3.63, 3.8) is 0 Å². The molecular formula is C17H21N3O2. The van der Waals surface area contributed by atoms with Crippen molar-refractivity contribution in [2.24, 2.45) is 0 Å². The van der Waals surface area contributed by atoms with Gasteiger partial charge in [-0.05, 0) is 24.5 Å². The molecule has 1 aliphatic carbocycles. The number of H-pyrrole nitrogens is 1. The van der Waals surface area contributed by atoms with Crippen molar-refractivity contribution in [2.45, 2.75) is 44.4 Å². The van der Waals surface area contributed by atoms with Gasteiger partial charge in [0, 0.05) is 6.20 Å². The average Bonchev–Trinajstić information content (AvgIpc) is 3.24. The Morgan fingerprint density at radius 2 is 2.05 bits per heavy atom. The summed E-state index contributed by atoms with van der Waals surface area (Å²) < 4.78 is 6.09. The third-order valence-electron chi connectivity index (χ3n) is 3.98. The molecule has 1 aromatic carbocycles. The number of nitrogens with zero attached hydrogens (tertiary/aromatic N) is 1. The number of nitrogens with one attached hydrogen (secondary N) is 2. The molecule has 1 fully saturated rings. The van der Waals surface area contributed by atoms with E-state index < -0.39 is 6.10 Å². The first kappa shape index (κ1) is 14.8. The van der Waals surface area contributed by atoms with Gasteiger partial charge >= 0.3 is 0 Å². The number of hydrogen-bond donors (Lipinski definition) is 2. The molecule has 2 aromatic rings. The summed E-state index contributed by atoms with van der Waals surface area (Å²) in [5.74, 6) is -0.104. The number of rotatable bonds is 6. The van der Waals surface area contributed by atoms with Crippen LogP contribution in [0.15, 0.2) is 42.6 Å². The highest BCUT2D eigenvalue weighted by atomic mass is 16.5. The Labute approximate surface area is 130 Å². The topological polar surface area (TPSA) is 67.0 Å². The first-order valence-corrected chi connectivity index (χ1v) is 7.79. The van der Waals surface area contributed by atoms with Crippen LogP contribution in [0.25, 0.3) is 0 Å². The summed E-state index contributed by atoms with van der Waals surface area (Å²) in [6, 6.07) is 11.5. The number of carbonyl (C=O) groups excluding carboxylic acids is 1. The van der Waals surface area contributed by atoms with Crippen LogP contribution < -0.4 is 5.32 Å². The summed E-state index contributed by atoms with van der Waals surface area (Å²) in [5, 5.41) is 9.64. The Morgan fingerprint density at radius 3 is 2.73 bits per heavy atom. The van der Waals surface area contributed by atoms with Crippen molar-refractivity contribution in [1.82, 2.24) is 15.5 Å². The van der Waals surface area contributed by atoms with Crippen molar-refractivity contribution < 1.29 is 9.53 Å². The summed E-state index contributed by atoms with van der Waals surface area (Å²) >= 11 is 0. The molecule has 116 valence electrons. The van der Waals surface area contributed by atoms with Gasteiger partial charge in [0.2, 0.25) is 0 Å². The Bertz CT molecular complexity index is 577. The van der Waals surface area contributed by atoms with Crippen molar-refractivity contribution >= 4 is 5.91 Å². The predicted octanol–water partition coefficient (Wildman–Crippen LogP) is 2.73. The third-order valence-corrected chi connectivity index (χ3v) is 3.98. The Hall–Kier alpha value is -2.14. The highest BCUT2D eigenvalue weighted by molar-refractivity contribution is 5.82. The van der Waals surface area contributed by atoms with E-state index in [0.717, 1.165) is 24.1 Å². The quantitative estimate of drug-likeness (QED) is 0.862. The van der Waals surface area contributed by atoms with Gasteiger partial charge in [-0.3, -0.25) is 9.89 Å². The van der Waals surface area contributed by atoms with Gasteiger partial charge in [0.15, 0.2) is 6.10 Å². The largest absolute Gasteiger partial charge is 0.360 e. The molecule has 0 radical (unpaired) electrons. The fourth-order valence-corrected chi connectivity index (χ4v) is 2.79. The van der Waals surface area contributed by atoms with Crippen LogP contribution in [0, 0.1) is 0 Å². The van der Waals surface area contributed by atoms with Crippen LogP contribution in [0.3, 0.4) is 0 Å². The maximum absolute atomic E-state index is 12.6. The standard InChI is InChI=1S/C17H21N3O2/c21-17(18-12-14-10-11-19-20-14)16(13-6-2-1-3-7-13)22-15-8-4-5-9-15/h1-3,6-7,10-11,15-16H,4-5,8-9,12H2,(H,18,21)(H,19,20)/t16-/m0/s1. The van der Waals surface area contributed by atoms with Crippen LogP contribution in [-0.2, 0) is 16.1 Å². The van der Waals surface area contributed by atoms with Gasteiger partial charge in [-0.2, -0.15) is 5.10 Å². The molecule has 1 amide bonds. The molecule has 0 aliphatic heterocycles. The van der Waals surface area contributed by atoms with Crippen molar-refractivity contribution in [3.8, 4) is 0 Å². The summed E-state index contributed by atoms with van der Waals surface area (Å²) in [5.41, 5.74) is 1.78. The van der Waals surface area contributed by atoms with Gasteiger partial charge in [-0.1, -0.05) is 43.2 Å². The highest BCUT2D eigenvalue weighted by Crippen LogP contribution is 2.28. The van der Waals surface area contributed by atoms with Gasteiger partial charge in [-0.15, -0.1) is 0 Å². The zero-order valence-electron chi connectivity index (χ0n) is 12.5. The van der Waals surface area contributed by atoms with E-state index >= 15 is 0 Å². The molecule has 5 heteroatoms. The molecule has 0 saturated heterocycles. The zero-order valence-corrected chi connectivity index (χ0v) is 12.5. The van der Waals surface area contributed by atoms with E-state index in [1.165, 1.54) is 12.8 Å². The van der Waals surface area contributed by atoms with E-state index in [9.17, 15) is 4.79 Å². The van der Waals surface area contributed by atoms with E-state index in [1.54, 1.807) is 6.20 Å². The molecule has 0 spiro atoms. The summed E-state index contributed by atoms with van der Waals surface area (Å²) in [6.45, 7) is 0.427. The van der Waals surface area contributed by atoms with Crippen LogP contribution >= 0.6 is 0 Å². The third kappa shape index (κ3) is 3.74. The monoisotopic (exact) mass is 299 g/mol. The van der Waals surface area contributed by atoms with Crippen LogP contribution in [0.2, 0.25) is 0 Å². The minimum Gasteiger partial charge on any atom is -0.360 e. The van der Waals surface area contributed by atoms with E-state index in [4.69, 9.17) is 4.74 Å². The lowest BCUT2D eigenvalue weighted by Gasteiger charge is -2.21. The normalized spacial score (nSPS) is 16.5. The fraction of sp³-hybridized carbons (Fsp3) is 0.412.